The zero-order valence-electron chi connectivity index (χ0n) is 17.1. The van der Waals surface area contributed by atoms with E-state index in [0.29, 0.717) is 17.4 Å². The van der Waals surface area contributed by atoms with Crippen molar-refractivity contribution >= 4 is 16.8 Å². The fourth-order valence-corrected chi connectivity index (χ4v) is 3.31. The maximum atomic E-state index is 12.6. The number of ether oxygens (including phenoxy) is 1. The molecule has 3 aromatic rings. The summed E-state index contributed by atoms with van der Waals surface area (Å²) in [5, 5.41) is 3.59. The summed E-state index contributed by atoms with van der Waals surface area (Å²) in [5.74, 6) is 0.771. The molecule has 1 unspecified atom stereocenters. The average Bonchev–Trinajstić information content (AvgIpc) is 2.72. The van der Waals surface area contributed by atoms with Crippen LogP contribution in [0.15, 0.2) is 53.6 Å². The van der Waals surface area contributed by atoms with E-state index in [4.69, 9.17) is 4.74 Å². The third kappa shape index (κ3) is 5.22. The number of amides is 1. The van der Waals surface area contributed by atoms with Gasteiger partial charge in [-0.25, -0.2) is 4.98 Å². The van der Waals surface area contributed by atoms with Crippen molar-refractivity contribution in [3.05, 3.63) is 70.3 Å². The zero-order valence-corrected chi connectivity index (χ0v) is 17.1. The number of hydrogen-bond donors (Lipinski definition) is 1. The molecule has 0 bridgehead atoms. The van der Waals surface area contributed by atoms with Gasteiger partial charge in [-0.05, 0) is 56.0 Å². The molecule has 0 aliphatic carbocycles. The van der Waals surface area contributed by atoms with Crippen LogP contribution in [0.1, 0.15) is 30.9 Å². The molecule has 1 N–H and O–H groups in total. The Kier molecular flexibility index (Phi) is 6.65. The first-order valence-electron chi connectivity index (χ1n) is 9.85. The van der Waals surface area contributed by atoms with Crippen LogP contribution in [0, 0.1) is 6.92 Å². The summed E-state index contributed by atoms with van der Waals surface area (Å²) in [6.45, 7) is 4.24. The molecule has 1 aromatic heterocycles. The van der Waals surface area contributed by atoms with Gasteiger partial charge in [-0.2, -0.15) is 0 Å². The van der Waals surface area contributed by atoms with Crippen molar-refractivity contribution in [2.75, 3.05) is 7.11 Å². The van der Waals surface area contributed by atoms with Gasteiger partial charge in [0.25, 0.3) is 5.56 Å². The number of carbonyl (C=O) groups is 1. The molecule has 0 aliphatic rings. The molecule has 29 heavy (non-hydrogen) atoms. The number of carbonyl (C=O) groups excluding carboxylic acids is 1. The van der Waals surface area contributed by atoms with Crippen LogP contribution >= 0.6 is 0 Å². The normalized spacial score (nSPS) is 12.0. The summed E-state index contributed by atoms with van der Waals surface area (Å²) < 4.78 is 6.67. The standard InChI is InChI=1S/C23H27N3O3/c1-16-5-4-6-20-22(16)24-15-26(23(20)28)14-13-21(27)25-17(2)7-8-18-9-11-19(29-3)12-10-18/h4-6,9-12,15,17H,7-8,13-14H2,1-3H3,(H,25,27). The van der Waals surface area contributed by atoms with Gasteiger partial charge in [0, 0.05) is 19.0 Å². The number of fused-ring (bicyclic) bond motifs is 1. The number of rotatable bonds is 8. The summed E-state index contributed by atoms with van der Waals surface area (Å²) in [6.07, 6.45) is 3.48. The van der Waals surface area contributed by atoms with Crippen molar-refractivity contribution < 1.29 is 9.53 Å². The molecule has 0 fully saturated rings. The first-order valence-corrected chi connectivity index (χ1v) is 9.85. The van der Waals surface area contributed by atoms with Crippen LogP contribution in [0.4, 0.5) is 0 Å². The van der Waals surface area contributed by atoms with E-state index in [1.54, 1.807) is 13.2 Å². The van der Waals surface area contributed by atoms with Crippen LogP contribution in [0.3, 0.4) is 0 Å². The summed E-state index contributed by atoms with van der Waals surface area (Å²) in [5.41, 5.74) is 2.77. The number of benzene rings is 2. The van der Waals surface area contributed by atoms with Gasteiger partial charge in [0.05, 0.1) is 24.3 Å². The van der Waals surface area contributed by atoms with Gasteiger partial charge in [-0.3, -0.25) is 14.2 Å². The maximum Gasteiger partial charge on any atom is 0.261 e. The Labute approximate surface area is 170 Å². The Balaban J connectivity index is 1.51. The van der Waals surface area contributed by atoms with E-state index >= 15 is 0 Å². The lowest BCUT2D eigenvalue weighted by Gasteiger charge is -2.14. The molecular formula is C23H27N3O3. The van der Waals surface area contributed by atoms with Gasteiger partial charge in [0.2, 0.25) is 5.91 Å². The van der Waals surface area contributed by atoms with Gasteiger partial charge in [-0.15, -0.1) is 0 Å². The van der Waals surface area contributed by atoms with E-state index in [0.717, 1.165) is 24.2 Å². The van der Waals surface area contributed by atoms with Gasteiger partial charge in [-0.1, -0.05) is 24.3 Å². The highest BCUT2D eigenvalue weighted by atomic mass is 16.5. The molecule has 6 nitrogen and oxygen atoms in total. The quantitative estimate of drug-likeness (QED) is 0.638. The summed E-state index contributed by atoms with van der Waals surface area (Å²) in [7, 11) is 1.65. The van der Waals surface area contributed by atoms with E-state index in [2.05, 4.69) is 10.3 Å². The third-order valence-corrected chi connectivity index (χ3v) is 5.07. The molecular weight excluding hydrogens is 366 g/mol. The second-order valence-corrected chi connectivity index (χ2v) is 7.32. The number of nitrogens with zero attached hydrogens (tertiary/aromatic N) is 2. The first-order chi connectivity index (χ1) is 14.0. The molecule has 2 aromatic carbocycles. The molecule has 0 saturated heterocycles. The topological polar surface area (TPSA) is 73.2 Å². The lowest BCUT2D eigenvalue weighted by molar-refractivity contribution is -0.121. The van der Waals surface area contributed by atoms with Crippen molar-refractivity contribution in [1.29, 1.82) is 0 Å². The monoisotopic (exact) mass is 393 g/mol. The molecule has 0 aliphatic heterocycles. The van der Waals surface area contributed by atoms with E-state index < -0.39 is 0 Å². The van der Waals surface area contributed by atoms with E-state index in [1.807, 2.05) is 50.2 Å². The molecule has 0 spiro atoms. The minimum absolute atomic E-state index is 0.0544. The van der Waals surface area contributed by atoms with Crippen LogP contribution < -0.4 is 15.6 Å². The molecule has 1 atom stereocenters. The Morgan fingerprint density at radius 1 is 1.21 bits per heavy atom. The fourth-order valence-electron chi connectivity index (χ4n) is 3.31. The number of aryl methyl sites for hydroxylation is 3. The van der Waals surface area contributed by atoms with Gasteiger partial charge in [0.15, 0.2) is 0 Å². The SMILES string of the molecule is COc1ccc(CCC(C)NC(=O)CCn2cnc3c(C)cccc3c2=O)cc1. The molecule has 1 heterocycles. The number of nitrogens with one attached hydrogen (secondary N) is 1. The van der Waals surface area contributed by atoms with E-state index in [1.165, 1.54) is 16.5 Å². The first kappa shape index (κ1) is 20.6. The molecule has 1 amide bonds. The maximum absolute atomic E-state index is 12.6. The summed E-state index contributed by atoms with van der Waals surface area (Å²) in [6, 6.07) is 13.6. The van der Waals surface area contributed by atoms with Crippen LogP contribution in [-0.2, 0) is 17.8 Å². The minimum Gasteiger partial charge on any atom is -0.497 e. The summed E-state index contributed by atoms with van der Waals surface area (Å²) in [4.78, 5) is 29.3. The van der Waals surface area contributed by atoms with Crippen LogP contribution in [0.25, 0.3) is 10.9 Å². The second-order valence-electron chi connectivity index (χ2n) is 7.32. The second kappa shape index (κ2) is 9.37. The lowest BCUT2D eigenvalue weighted by Crippen LogP contribution is -2.34. The smallest absolute Gasteiger partial charge is 0.261 e. The predicted molar refractivity (Wildman–Crippen MR) is 114 cm³/mol. The third-order valence-electron chi connectivity index (χ3n) is 5.07. The highest BCUT2D eigenvalue weighted by molar-refractivity contribution is 5.80. The molecule has 3 rings (SSSR count). The van der Waals surface area contributed by atoms with E-state index in [-0.39, 0.29) is 23.9 Å². The summed E-state index contributed by atoms with van der Waals surface area (Å²) >= 11 is 0. The number of aromatic nitrogens is 2. The van der Waals surface area contributed by atoms with Crippen molar-refractivity contribution in [1.82, 2.24) is 14.9 Å². The van der Waals surface area contributed by atoms with Crippen LogP contribution in [-0.4, -0.2) is 28.6 Å². The average molecular weight is 393 g/mol. The Hall–Kier alpha value is -3.15. The number of para-hydroxylation sites is 1. The Morgan fingerprint density at radius 2 is 1.97 bits per heavy atom. The van der Waals surface area contributed by atoms with Crippen molar-refractivity contribution in [2.24, 2.45) is 0 Å². The van der Waals surface area contributed by atoms with Gasteiger partial charge < -0.3 is 10.1 Å². The highest BCUT2D eigenvalue weighted by Crippen LogP contribution is 2.13. The minimum atomic E-state index is -0.112. The van der Waals surface area contributed by atoms with Gasteiger partial charge >= 0.3 is 0 Å². The van der Waals surface area contributed by atoms with Crippen LogP contribution in [0.2, 0.25) is 0 Å². The number of hydrogen-bond acceptors (Lipinski definition) is 4. The highest BCUT2D eigenvalue weighted by Gasteiger charge is 2.10. The van der Waals surface area contributed by atoms with Crippen molar-refractivity contribution in [2.45, 2.75) is 45.7 Å². The van der Waals surface area contributed by atoms with Crippen LogP contribution in [0.5, 0.6) is 5.75 Å². The fraction of sp³-hybridized carbons (Fsp3) is 0.348. The molecule has 0 radical (unpaired) electrons. The van der Waals surface area contributed by atoms with Crippen molar-refractivity contribution in [3.63, 3.8) is 0 Å². The van der Waals surface area contributed by atoms with E-state index in [9.17, 15) is 9.59 Å². The molecule has 0 saturated carbocycles. The Bertz CT molecular complexity index is 1040. The van der Waals surface area contributed by atoms with Crippen molar-refractivity contribution in [3.8, 4) is 5.75 Å². The predicted octanol–water partition coefficient (Wildman–Crippen LogP) is 3.24. The molecule has 152 valence electrons. The Morgan fingerprint density at radius 3 is 2.69 bits per heavy atom. The lowest BCUT2D eigenvalue weighted by atomic mass is 10.1. The largest absolute Gasteiger partial charge is 0.497 e. The van der Waals surface area contributed by atoms with Gasteiger partial charge in [0.1, 0.15) is 5.75 Å². The zero-order chi connectivity index (χ0) is 20.8. The number of methoxy groups -OCH3 is 1. The molecule has 6 heteroatoms.